The summed E-state index contributed by atoms with van der Waals surface area (Å²) in [6, 6.07) is 23.9. The van der Waals surface area contributed by atoms with Gasteiger partial charge >= 0.3 is 0 Å². The third-order valence-corrected chi connectivity index (χ3v) is 6.71. The molecule has 6 nitrogen and oxygen atoms in total. The van der Waals surface area contributed by atoms with Gasteiger partial charge in [0.1, 0.15) is 0 Å². The number of nitrogens with one attached hydrogen (secondary N) is 1. The molecule has 0 radical (unpaired) electrons. The van der Waals surface area contributed by atoms with E-state index >= 15 is 0 Å². The predicted octanol–water partition coefficient (Wildman–Crippen LogP) is 4.75. The molecule has 0 saturated carbocycles. The minimum atomic E-state index is -0.721. The van der Waals surface area contributed by atoms with Crippen LogP contribution in [0.15, 0.2) is 72.8 Å². The molecular weight excluding hydrogens is 440 g/mol. The third-order valence-electron chi connectivity index (χ3n) is 6.71. The van der Waals surface area contributed by atoms with Crippen LogP contribution in [-0.2, 0) is 22.6 Å². The van der Waals surface area contributed by atoms with Crippen LogP contribution < -0.4 is 5.48 Å². The van der Waals surface area contributed by atoms with Crippen molar-refractivity contribution in [2.24, 2.45) is 0 Å². The second-order valence-electron chi connectivity index (χ2n) is 9.45. The molecule has 1 aliphatic rings. The van der Waals surface area contributed by atoms with E-state index in [1.165, 1.54) is 5.56 Å². The summed E-state index contributed by atoms with van der Waals surface area (Å²) in [7, 11) is 0. The molecule has 3 aromatic carbocycles. The van der Waals surface area contributed by atoms with Gasteiger partial charge in [-0.2, -0.15) is 0 Å². The first-order valence-corrected chi connectivity index (χ1v) is 12.0. The molecule has 2 atom stereocenters. The van der Waals surface area contributed by atoms with Crippen LogP contribution in [0.25, 0.3) is 11.1 Å². The van der Waals surface area contributed by atoms with Gasteiger partial charge in [0.25, 0.3) is 0 Å². The van der Waals surface area contributed by atoms with Gasteiger partial charge in [0, 0.05) is 25.8 Å². The second-order valence-corrected chi connectivity index (χ2v) is 9.45. The average Bonchev–Trinajstić information content (AvgIpc) is 3.21. The maximum Gasteiger partial charge on any atom is 0.243 e. The summed E-state index contributed by atoms with van der Waals surface area (Å²) in [5.41, 5.74) is 7.99. The number of rotatable bonds is 8. The monoisotopic (exact) mass is 472 g/mol. The van der Waals surface area contributed by atoms with Gasteiger partial charge in [-0.05, 0) is 39.3 Å². The van der Waals surface area contributed by atoms with Gasteiger partial charge in [0.2, 0.25) is 11.8 Å². The van der Waals surface area contributed by atoms with Crippen molar-refractivity contribution in [2.75, 3.05) is 0 Å². The highest BCUT2D eigenvalue weighted by Crippen LogP contribution is 2.37. The molecule has 0 heterocycles. The number of carbonyl (C=O) groups is 2. The van der Waals surface area contributed by atoms with Crippen LogP contribution in [0.2, 0.25) is 0 Å². The Morgan fingerprint density at radius 1 is 0.971 bits per heavy atom. The van der Waals surface area contributed by atoms with E-state index in [0.717, 1.165) is 27.8 Å². The first-order chi connectivity index (χ1) is 16.9. The Kier molecular flexibility index (Phi) is 7.63. The van der Waals surface area contributed by atoms with Crippen molar-refractivity contribution in [3.63, 3.8) is 0 Å². The Balaban J connectivity index is 1.59. The first-order valence-electron chi connectivity index (χ1n) is 12.0. The van der Waals surface area contributed by atoms with Crippen molar-refractivity contribution < 1.29 is 19.9 Å². The smallest absolute Gasteiger partial charge is 0.243 e. The zero-order chi connectivity index (χ0) is 24.9. The fourth-order valence-corrected chi connectivity index (χ4v) is 4.77. The molecule has 0 bridgehead atoms. The Bertz CT molecular complexity index is 1190. The van der Waals surface area contributed by atoms with E-state index in [1.54, 1.807) is 10.4 Å². The number of hydroxylamine groups is 1. The van der Waals surface area contributed by atoms with E-state index in [2.05, 4.69) is 50.2 Å². The number of hydrogen-bond donors (Lipinski definition) is 3. The SMILES string of the molecule is CC(C)c1cccc(-c2ccc(CN(C(=O)CCC(=O)NO)[C@H]3c4ccccc4C[C@H]3O)cc2)c1. The van der Waals surface area contributed by atoms with Crippen molar-refractivity contribution in [1.29, 1.82) is 0 Å². The largest absolute Gasteiger partial charge is 0.390 e. The Morgan fingerprint density at radius 3 is 2.43 bits per heavy atom. The van der Waals surface area contributed by atoms with Crippen molar-refractivity contribution in [2.45, 2.75) is 57.7 Å². The summed E-state index contributed by atoms with van der Waals surface area (Å²) < 4.78 is 0. The van der Waals surface area contributed by atoms with Gasteiger partial charge in [-0.3, -0.25) is 14.8 Å². The Morgan fingerprint density at radius 2 is 1.71 bits per heavy atom. The lowest BCUT2D eigenvalue weighted by molar-refractivity contribution is -0.140. The van der Waals surface area contributed by atoms with Gasteiger partial charge in [0.05, 0.1) is 12.1 Å². The van der Waals surface area contributed by atoms with Crippen LogP contribution in [0.5, 0.6) is 0 Å². The molecule has 0 aliphatic heterocycles. The Hall–Kier alpha value is -3.48. The molecule has 4 rings (SSSR count). The molecule has 0 aromatic heterocycles. The van der Waals surface area contributed by atoms with Gasteiger partial charge in [-0.25, -0.2) is 5.48 Å². The highest BCUT2D eigenvalue weighted by molar-refractivity contribution is 5.83. The number of aliphatic hydroxyl groups is 1. The predicted molar refractivity (Wildman–Crippen MR) is 135 cm³/mol. The standard InChI is InChI=1S/C29H32N2O4/c1-19(2)22-7-5-8-23(16-22)21-12-10-20(11-13-21)18-31(28(34)15-14-27(33)30-35)29-25-9-4-3-6-24(25)17-26(29)32/h3-13,16,19,26,29,32,35H,14-15,17-18H2,1-2H3,(H,30,33)/t26-,29+/m1/s1. The minimum absolute atomic E-state index is 0.0577. The van der Waals surface area contributed by atoms with E-state index in [0.29, 0.717) is 18.9 Å². The summed E-state index contributed by atoms with van der Waals surface area (Å²) >= 11 is 0. The maximum absolute atomic E-state index is 13.3. The number of benzene rings is 3. The van der Waals surface area contributed by atoms with E-state index in [4.69, 9.17) is 5.21 Å². The van der Waals surface area contributed by atoms with Crippen LogP contribution in [-0.4, -0.2) is 33.1 Å². The van der Waals surface area contributed by atoms with Gasteiger partial charge in [-0.1, -0.05) is 86.6 Å². The fourth-order valence-electron chi connectivity index (χ4n) is 4.77. The van der Waals surface area contributed by atoms with Crippen LogP contribution in [0.1, 0.15) is 60.9 Å². The lowest BCUT2D eigenvalue weighted by Crippen LogP contribution is -2.39. The highest BCUT2D eigenvalue weighted by Gasteiger charge is 2.37. The van der Waals surface area contributed by atoms with Crippen LogP contribution in [0, 0.1) is 0 Å². The highest BCUT2D eigenvalue weighted by atomic mass is 16.5. The van der Waals surface area contributed by atoms with Crippen molar-refractivity contribution in [1.82, 2.24) is 10.4 Å². The van der Waals surface area contributed by atoms with E-state index in [-0.39, 0.29) is 18.7 Å². The second kappa shape index (κ2) is 10.8. The number of hydrogen-bond acceptors (Lipinski definition) is 4. The van der Waals surface area contributed by atoms with Gasteiger partial charge in [0.15, 0.2) is 0 Å². The molecule has 6 heteroatoms. The molecule has 182 valence electrons. The number of fused-ring (bicyclic) bond motifs is 1. The third kappa shape index (κ3) is 5.61. The average molecular weight is 473 g/mol. The van der Waals surface area contributed by atoms with Crippen LogP contribution in [0.4, 0.5) is 0 Å². The molecule has 0 spiro atoms. The summed E-state index contributed by atoms with van der Waals surface area (Å²) in [5.74, 6) is -0.413. The van der Waals surface area contributed by atoms with Gasteiger partial charge < -0.3 is 10.0 Å². The van der Waals surface area contributed by atoms with E-state index in [1.807, 2.05) is 36.4 Å². The lowest BCUT2D eigenvalue weighted by atomic mass is 9.97. The zero-order valence-corrected chi connectivity index (χ0v) is 20.1. The van der Waals surface area contributed by atoms with Crippen molar-refractivity contribution in [3.05, 3.63) is 95.1 Å². The fraction of sp³-hybridized carbons (Fsp3) is 0.310. The summed E-state index contributed by atoms with van der Waals surface area (Å²) in [5, 5.41) is 19.7. The topological polar surface area (TPSA) is 89.9 Å². The number of amides is 2. The zero-order valence-electron chi connectivity index (χ0n) is 20.1. The molecule has 0 fully saturated rings. The van der Waals surface area contributed by atoms with Gasteiger partial charge in [-0.15, -0.1) is 0 Å². The minimum Gasteiger partial charge on any atom is -0.390 e. The number of aliphatic hydroxyl groups excluding tert-OH is 1. The molecule has 3 N–H and O–H groups in total. The van der Waals surface area contributed by atoms with Crippen molar-refractivity contribution in [3.8, 4) is 11.1 Å². The molecule has 0 saturated heterocycles. The van der Waals surface area contributed by atoms with E-state index < -0.39 is 18.1 Å². The lowest BCUT2D eigenvalue weighted by Gasteiger charge is -2.32. The first kappa shape index (κ1) is 24.6. The summed E-state index contributed by atoms with van der Waals surface area (Å²) in [6.45, 7) is 4.66. The molecule has 2 amide bonds. The number of carbonyl (C=O) groups excluding carboxylic acids is 2. The maximum atomic E-state index is 13.3. The molecule has 3 aromatic rings. The quantitative estimate of drug-likeness (QED) is 0.326. The van der Waals surface area contributed by atoms with Crippen molar-refractivity contribution >= 4 is 11.8 Å². The molecule has 1 aliphatic carbocycles. The molecule has 0 unspecified atom stereocenters. The van der Waals surface area contributed by atoms with Crippen LogP contribution >= 0.6 is 0 Å². The number of nitrogens with zero attached hydrogens (tertiary/aromatic N) is 1. The van der Waals surface area contributed by atoms with Crippen LogP contribution in [0.3, 0.4) is 0 Å². The normalized spacial score (nSPS) is 16.7. The molecule has 35 heavy (non-hydrogen) atoms. The molecular formula is C29H32N2O4. The summed E-state index contributed by atoms with van der Waals surface area (Å²) in [4.78, 5) is 26.5. The Labute approximate surface area is 206 Å². The van der Waals surface area contributed by atoms with E-state index in [9.17, 15) is 14.7 Å². The summed E-state index contributed by atoms with van der Waals surface area (Å²) in [6.07, 6.45) is -0.423.